The molecule has 1 saturated carbocycles. The van der Waals surface area contributed by atoms with E-state index in [0.29, 0.717) is 35.4 Å². The maximum atomic E-state index is 12.8. The second kappa shape index (κ2) is 10.6. The average Bonchev–Trinajstić information content (AvgIpc) is 3.70. The molecule has 0 radical (unpaired) electrons. The molecule has 2 aromatic carbocycles. The molecule has 1 aliphatic heterocycles. The minimum Gasteiger partial charge on any atom is -0.493 e. The highest BCUT2D eigenvalue weighted by Crippen LogP contribution is 2.30. The quantitative estimate of drug-likeness (QED) is 0.443. The number of benzene rings is 2. The molecule has 1 saturated heterocycles. The van der Waals surface area contributed by atoms with E-state index in [1.165, 1.54) is 12.8 Å². The van der Waals surface area contributed by atoms with Crippen LogP contribution in [0.15, 0.2) is 48.7 Å². The van der Waals surface area contributed by atoms with Crippen LogP contribution in [0.25, 0.3) is 10.9 Å². The Bertz CT molecular complexity index is 1340. The molecule has 5 rings (SSSR count). The summed E-state index contributed by atoms with van der Waals surface area (Å²) in [7, 11) is -2.82. The molecule has 1 amide bonds. The standard InChI is InChI=1S/C28H33N3O4S/c1-19-26(31-28(32)23-4-7-25(8-5-23)35-18-21-2-3-21)9-6-24-14-22(17-30-27(19)24)16-29-15-20-10-12-36(33,34)13-11-20/h4-9,14,17,20-21,29H,2-3,10-13,15-16,18H2,1H3,(H,31,32). The van der Waals surface area contributed by atoms with Gasteiger partial charge in [-0.05, 0) is 98.5 Å². The molecule has 1 aliphatic carbocycles. The van der Waals surface area contributed by atoms with Gasteiger partial charge in [-0.15, -0.1) is 0 Å². The van der Waals surface area contributed by atoms with Crippen molar-refractivity contribution in [3.8, 4) is 5.75 Å². The van der Waals surface area contributed by atoms with Crippen molar-refractivity contribution in [2.24, 2.45) is 11.8 Å². The predicted octanol–water partition coefficient (Wildman–Crippen LogP) is 4.50. The Labute approximate surface area is 212 Å². The molecule has 0 atom stereocenters. The van der Waals surface area contributed by atoms with E-state index >= 15 is 0 Å². The summed E-state index contributed by atoms with van der Waals surface area (Å²) in [5, 5.41) is 7.49. The van der Waals surface area contributed by atoms with Gasteiger partial charge in [0.25, 0.3) is 5.91 Å². The lowest BCUT2D eigenvalue weighted by Gasteiger charge is -2.22. The number of anilines is 1. The van der Waals surface area contributed by atoms with Gasteiger partial charge in [-0.3, -0.25) is 9.78 Å². The fraction of sp³-hybridized carbons (Fsp3) is 0.429. The molecule has 8 heteroatoms. The zero-order chi connectivity index (χ0) is 25.1. The fourth-order valence-corrected chi connectivity index (χ4v) is 6.17. The number of ether oxygens (including phenoxy) is 1. The van der Waals surface area contributed by atoms with Gasteiger partial charge in [0.1, 0.15) is 15.6 Å². The Morgan fingerprint density at radius 1 is 1.03 bits per heavy atom. The third kappa shape index (κ3) is 6.23. The van der Waals surface area contributed by atoms with Gasteiger partial charge < -0.3 is 15.4 Å². The molecule has 0 spiro atoms. The third-order valence-electron chi connectivity index (χ3n) is 7.15. The van der Waals surface area contributed by atoms with Crippen molar-refractivity contribution in [3.63, 3.8) is 0 Å². The first-order chi connectivity index (χ1) is 17.4. The van der Waals surface area contributed by atoms with Gasteiger partial charge in [0.05, 0.1) is 23.6 Å². The average molecular weight is 508 g/mol. The van der Waals surface area contributed by atoms with Crippen LogP contribution < -0.4 is 15.4 Å². The fourth-order valence-electron chi connectivity index (χ4n) is 4.58. The number of sulfone groups is 1. The minimum absolute atomic E-state index is 0.164. The molecule has 3 aromatic rings. The molecule has 1 aromatic heterocycles. The molecule has 2 N–H and O–H groups in total. The van der Waals surface area contributed by atoms with E-state index < -0.39 is 9.84 Å². The Hall–Kier alpha value is -2.97. The van der Waals surface area contributed by atoms with Gasteiger partial charge in [-0.25, -0.2) is 8.42 Å². The molecule has 0 bridgehead atoms. The van der Waals surface area contributed by atoms with Crippen LogP contribution in [0.4, 0.5) is 5.69 Å². The Morgan fingerprint density at radius 2 is 1.78 bits per heavy atom. The number of amides is 1. The number of carbonyl (C=O) groups is 1. The lowest BCUT2D eigenvalue weighted by molar-refractivity contribution is 0.102. The maximum Gasteiger partial charge on any atom is 0.255 e. The van der Waals surface area contributed by atoms with Crippen LogP contribution in [-0.2, 0) is 16.4 Å². The van der Waals surface area contributed by atoms with E-state index in [2.05, 4.69) is 21.7 Å². The van der Waals surface area contributed by atoms with Crippen LogP contribution in [0.1, 0.15) is 47.2 Å². The van der Waals surface area contributed by atoms with Crippen LogP contribution in [0.5, 0.6) is 5.75 Å². The topological polar surface area (TPSA) is 97.4 Å². The minimum atomic E-state index is -2.82. The third-order valence-corrected chi connectivity index (χ3v) is 8.86. The molecule has 2 aliphatic rings. The van der Waals surface area contributed by atoms with Crippen LogP contribution >= 0.6 is 0 Å². The summed E-state index contributed by atoms with van der Waals surface area (Å²) in [4.78, 5) is 17.5. The van der Waals surface area contributed by atoms with Crippen LogP contribution in [-0.4, -0.2) is 44.0 Å². The number of nitrogens with zero attached hydrogens (tertiary/aromatic N) is 1. The molecular weight excluding hydrogens is 474 g/mol. The van der Waals surface area contributed by atoms with Crippen molar-refractivity contribution in [2.75, 3.05) is 30.0 Å². The molecule has 36 heavy (non-hydrogen) atoms. The van der Waals surface area contributed by atoms with Crippen LogP contribution in [0.3, 0.4) is 0 Å². The van der Waals surface area contributed by atoms with Crippen molar-refractivity contribution in [3.05, 3.63) is 65.4 Å². The van der Waals surface area contributed by atoms with E-state index in [1.807, 2.05) is 37.4 Å². The van der Waals surface area contributed by atoms with Crippen molar-refractivity contribution >= 4 is 32.3 Å². The summed E-state index contributed by atoms with van der Waals surface area (Å²) in [5.74, 6) is 2.32. The first kappa shape index (κ1) is 24.7. The molecule has 2 fully saturated rings. The largest absolute Gasteiger partial charge is 0.493 e. The maximum absolute atomic E-state index is 12.8. The number of aryl methyl sites for hydroxylation is 1. The summed E-state index contributed by atoms with van der Waals surface area (Å²) in [5.41, 5.74) is 4.18. The lowest BCUT2D eigenvalue weighted by Crippen LogP contribution is -2.30. The van der Waals surface area contributed by atoms with Crippen LogP contribution in [0.2, 0.25) is 0 Å². The first-order valence-corrected chi connectivity index (χ1v) is 14.5. The SMILES string of the molecule is Cc1c(NC(=O)c2ccc(OCC3CC3)cc2)ccc2cc(CNCC3CCS(=O)(=O)CC3)cnc12. The van der Waals surface area contributed by atoms with Gasteiger partial charge in [0.2, 0.25) is 0 Å². The van der Waals surface area contributed by atoms with E-state index in [0.717, 1.165) is 59.5 Å². The molecule has 0 unspecified atom stereocenters. The Kier molecular flexibility index (Phi) is 7.25. The Morgan fingerprint density at radius 3 is 2.50 bits per heavy atom. The summed E-state index contributed by atoms with van der Waals surface area (Å²) in [6.45, 7) is 4.21. The zero-order valence-electron chi connectivity index (χ0n) is 20.6. The summed E-state index contributed by atoms with van der Waals surface area (Å²) in [6.07, 6.45) is 5.82. The number of pyridine rings is 1. The molecule has 7 nitrogen and oxygen atoms in total. The number of hydrogen-bond acceptors (Lipinski definition) is 6. The molecule has 2 heterocycles. The molecule has 190 valence electrons. The van der Waals surface area contributed by atoms with Gasteiger partial charge in [0, 0.05) is 29.4 Å². The van der Waals surface area contributed by atoms with Gasteiger partial charge in [0.15, 0.2) is 0 Å². The van der Waals surface area contributed by atoms with Gasteiger partial charge in [-0.1, -0.05) is 6.07 Å². The monoisotopic (exact) mass is 507 g/mol. The number of aromatic nitrogens is 1. The van der Waals surface area contributed by atoms with Crippen molar-refractivity contribution in [2.45, 2.75) is 39.2 Å². The highest BCUT2D eigenvalue weighted by Gasteiger charge is 2.23. The van der Waals surface area contributed by atoms with Crippen LogP contribution in [0, 0.1) is 18.8 Å². The predicted molar refractivity (Wildman–Crippen MR) is 142 cm³/mol. The second-order valence-corrected chi connectivity index (χ2v) is 12.4. The van der Waals surface area contributed by atoms with E-state index in [4.69, 9.17) is 4.74 Å². The van der Waals surface area contributed by atoms with Gasteiger partial charge in [-0.2, -0.15) is 0 Å². The summed E-state index contributed by atoms with van der Waals surface area (Å²) in [6, 6.07) is 13.3. The number of rotatable bonds is 9. The van der Waals surface area contributed by atoms with Crippen molar-refractivity contribution in [1.82, 2.24) is 10.3 Å². The number of carbonyl (C=O) groups excluding carboxylic acids is 1. The zero-order valence-corrected chi connectivity index (χ0v) is 21.4. The smallest absolute Gasteiger partial charge is 0.255 e. The van der Waals surface area contributed by atoms with Gasteiger partial charge >= 0.3 is 0 Å². The number of fused-ring (bicyclic) bond motifs is 1. The first-order valence-electron chi connectivity index (χ1n) is 12.7. The lowest BCUT2D eigenvalue weighted by atomic mass is 10.0. The van der Waals surface area contributed by atoms with E-state index in [1.54, 1.807) is 12.1 Å². The normalized spacial score (nSPS) is 17.7. The Balaban J connectivity index is 1.17. The van der Waals surface area contributed by atoms with E-state index in [-0.39, 0.29) is 5.91 Å². The number of hydrogen-bond donors (Lipinski definition) is 2. The highest BCUT2D eigenvalue weighted by atomic mass is 32.2. The van der Waals surface area contributed by atoms with E-state index in [9.17, 15) is 13.2 Å². The summed E-state index contributed by atoms with van der Waals surface area (Å²) < 4.78 is 28.9. The van der Waals surface area contributed by atoms with Crippen molar-refractivity contribution in [1.29, 1.82) is 0 Å². The number of nitrogens with one attached hydrogen (secondary N) is 2. The highest BCUT2D eigenvalue weighted by molar-refractivity contribution is 7.91. The summed E-state index contributed by atoms with van der Waals surface area (Å²) >= 11 is 0. The second-order valence-electron chi connectivity index (χ2n) is 10.1. The molecular formula is C28H33N3O4S. The van der Waals surface area contributed by atoms with Crippen molar-refractivity contribution < 1.29 is 17.9 Å².